The summed E-state index contributed by atoms with van der Waals surface area (Å²) in [7, 11) is 0. The van der Waals surface area contributed by atoms with Crippen molar-refractivity contribution in [1.29, 1.82) is 0 Å². The smallest absolute Gasteiger partial charge is 0.392 e. The first-order valence-corrected chi connectivity index (χ1v) is 9.05. The zero-order valence-electron chi connectivity index (χ0n) is 14.7. The molecule has 5 nitrogen and oxygen atoms in total. The Morgan fingerprint density at radius 2 is 1.89 bits per heavy atom. The molecule has 2 fully saturated rings. The van der Waals surface area contributed by atoms with E-state index in [9.17, 15) is 23.1 Å². The molecule has 2 aromatic rings. The molecule has 1 aliphatic carbocycles. The number of aliphatic hydroxyl groups excluding tert-OH is 1. The van der Waals surface area contributed by atoms with Crippen molar-refractivity contribution in [3.63, 3.8) is 0 Å². The fourth-order valence-corrected chi connectivity index (χ4v) is 3.65. The summed E-state index contributed by atoms with van der Waals surface area (Å²) in [5.41, 5.74) is 0.758. The molecule has 1 amide bonds. The number of carbonyl (C=O) groups is 1. The van der Waals surface area contributed by atoms with Crippen molar-refractivity contribution < 1.29 is 23.1 Å². The molecule has 0 radical (unpaired) electrons. The SMILES string of the molecule is O=C1CCCN1Cc1ccc(-n2nc(C(F)(F)F)c(CO)c2C2CC2)cc1. The first kappa shape index (κ1) is 18.0. The van der Waals surface area contributed by atoms with E-state index >= 15 is 0 Å². The van der Waals surface area contributed by atoms with Crippen LogP contribution in [0.3, 0.4) is 0 Å². The second kappa shape index (κ2) is 6.67. The molecule has 2 heterocycles. The Kier molecular flexibility index (Phi) is 4.46. The van der Waals surface area contributed by atoms with Gasteiger partial charge in [0, 0.05) is 31.0 Å². The fourth-order valence-electron chi connectivity index (χ4n) is 3.65. The molecule has 1 aromatic carbocycles. The first-order valence-electron chi connectivity index (χ1n) is 9.05. The van der Waals surface area contributed by atoms with Gasteiger partial charge in [-0.2, -0.15) is 18.3 Å². The van der Waals surface area contributed by atoms with E-state index < -0.39 is 18.5 Å². The van der Waals surface area contributed by atoms with Gasteiger partial charge in [0.05, 0.1) is 18.0 Å². The van der Waals surface area contributed by atoms with E-state index in [1.165, 1.54) is 4.68 Å². The van der Waals surface area contributed by atoms with Crippen LogP contribution in [0.25, 0.3) is 5.69 Å². The van der Waals surface area contributed by atoms with E-state index in [4.69, 9.17) is 0 Å². The van der Waals surface area contributed by atoms with Crippen LogP contribution in [0.2, 0.25) is 0 Å². The minimum absolute atomic E-state index is 0.00218. The predicted molar refractivity (Wildman–Crippen MR) is 91.1 cm³/mol. The van der Waals surface area contributed by atoms with Gasteiger partial charge in [-0.25, -0.2) is 4.68 Å². The molecule has 1 aromatic heterocycles. The lowest BCUT2D eigenvalue weighted by molar-refractivity contribution is -0.142. The number of alkyl halides is 3. The van der Waals surface area contributed by atoms with Gasteiger partial charge < -0.3 is 10.0 Å². The average molecular weight is 379 g/mol. The lowest BCUT2D eigenvalue weighted by atomic mass is 10.1. The molecular formula is C19H20F3N3O2. The monoisotopic (exact) mass is 379 g/mol. The number of hydrogen-bond acceptors (Lipinski definition) is 3. The van der Waals surface area contributed by atoms with Gasteiger partial charge in [0.15, 0.2) is 5.69 Å². The first-order chi connectivity index (χ1) is 12.9. The third-order valence-electron chi connectivity index (χ3n) is 5.14. The van der Waals surface area contributed by atoms with Crippen molar-refractivity contribution in [2.45, 2.75) is 50.9 Å². The number of carbonyl (C=O) groups excluding carboxylic acids is 1. The molecule has 27 heavy (non-hydrogen) atoms. The van der Waals surface area contributed by atoms with E-state index in [-0.39, 0.29) is 17.4 Å². The number of halogens is 3. The maximum Gasteiger partial charge on any atom is 0.435 e. The van der Waals surface area contributed by atoms with Crippen LogP contribution in [-0.4, -0.2) is 32.2 Å². The number of benzene rings is 1. The Hall–Kier alpha value is -2.35. The number of amides is 1. The van der Waals surface area contributed by atoms with Crippen molar-refractivity contribution >= 4 is 5.91 Å². The average Bonchev–Trinajstić information content (AvgIpc) is 3.27. The Labute approximate surface area is 154 Å². The maximum absolute atomic E-state index is 13.3. The topological polar surface area (TPSA) is 58.4 Å². The normalized spacial score (nSPS) is 17.8. The number of aliphatic hydroxyl groups is 1. The molecule has 1 saturated heterocycles. The summed E-state index contributed by atoms with van der Waals surface area (Å²) in [5, 5.41) is 13.3. The molecule has 144 valence electrons. The van der Waals surface area contributed by atoms with Gasteiger partial charge >= 0.3 is 6.18 Å². The van der Waals surface area contributed by atoms with Crippen LogP contribution in [0.5, 0.6) is 0 Å². The Balaban J connectivity index is 1.66. The van der Waals surface area contributed by atoms with E-state index in [0.29, 0.717) is 24.3 Å². The van der Waals surface area contributed by atoms with Crippen molar-refractivity contribution in [3.8, 4) is 5.69 Å². The van der Waals surface area contributed by atoms with E-state index in [1.807, 2.05) is 12.1 Å². The molecule has 8 heteroatoms. The Morgan fingerprint density at radius 1 is 1.19 bits per heavy atom. The number of aromatic nitrogens is 2. The van der Waals surface area contributed by atoms with Crippen molar-refractivity contribution in [3.05, 3.63) is 46.8 Å². The fraction of sp³-hybridized carbons (Fsp3) is 0.474. The highest BCUT2D eigenvalue weighted by Gasteiger charge is 2.42. The zero-order chi connectivity index (χ0) is 19.2. The molecule has 0 bridgehead atoms. The van der Waals surface area contributed by atoms with Crippen molar-refractivity contribution in [2.24, 2.45) is 0 Å². The summed E-state index contributed by atoms with van der Waals surface area (Å²) < 4.78 is 41.3. The maximum atomic E-state index is 13.3. The highest BCUT2D eigenvalue weighted by Crippen LogP contribution is 2.45. The second-order valence-electron chi connectivity index (χ2n) is 7.14. The van der Waals surface area contributed by atoms with E-state index in [1.54, 1.807) is 17.0 Å². The molecule has 0 spiro atoms. The molecule has 0 unspecified atom stereocenters. The van der Waals surface area contributed by atoms with Gasteiger partial charge in [-0.3, -0.25) is 4.79 Å². The quantitative estimate of drug-likeness (QED) is 0.867. The number of hydrogen-bond donors (Lipinski definition) is 1. The van der Waals surface area contributed by atoms with E-state index in [0.717, 1.165) is 31.4 Å². The van der Waals surface area contributed by atoms with Crippen LogP contribution < -0.4 is 0 Å². The highest BCUT2D eigenvalue weighted by atomic mass is 19.4. The largest absolute Gasteiger partial charge is 0.435 e. The Morgan fingerprint density at radius 3 is 2.41 bits per heavy atom. The van der Waals surface area contributed by atoms with Gasteiger partial charge in [0.1, 0.15) is 0 Å². The summed E-state index contributed by atoms with van der Waals surface area (Å²) in [6, 6.07) is 7.06. The molecular weight excluding hydrogens is 359 g/mol. The third-order valence-corrected chi connectivity index (χ3v) is 5.14. The molecule has 4 rings (SSSR count). The molecule has 1 N–H and O–H groups in total. The summed E-state index contributed by atoms with van der Waals surface area (Å²) in [5.74, 6) is 0.127. The standard InChI is InChI=1S/C19H20F3N3O2/c20-19(21,22)18-15(11-26)17(13-5-6-13)25(23-18)14-7-3-12(4-8-14)10-24-9-1-2-16(24)27/h3-4,7-8,13,26H,1-2,5-6,9-11H2. The van der Waals surface area contributed by atoms with Crippen LogP contribution in [0.15, 0.2) is 24.3 Å². The summed E-state index contributed by atoms with van der Waals surface area (Å²) in [6.07, 6.45) is -1.58. The molecule has 1 saturated carbocycles. The van der Waals surface area contributed by atoms with Crippen LogP contribution >= 0.6 is 0 Å². The van der Waals surface area contributed by atoms with Crippen LogP contribution in [0.1, 0.15) is 54.1 Å². The predicted octanol–water partition coefficient (Wildman–Crippen LogP) is 3.38. The van der Waals surface area contributed by atoms with Crippen LogP contribution in [0, 0.1) is 0 Å². The van der Waals surface area contributed by atoms with Crippen molar-refractivity contribution in [1.82, 2.24) is 14.7 Å². The summed E-state index contributed by atoms with van der Waals surface area (Å²) in [6.45, 7) is 0.555. The number of nitrogens with zero attached hydrogens (tertiary/aromatic N) is 3. The van der Waals surface area contributed by atoms with Gasteiger partial charge in [-0.15, -0.1) is 0 Å². The van der Waals surface area contributed by atoms with Crippen molar-refractivity contribution in [2.75, 3.05) is 6.54 Å². The van der Waals surface area contributed by atoms with Gasteiger partial charge in [0.2, 0.25) is 5.91 Å². The molecule has 1 aliphatic heterocycles. The lowest BCUT2D eigenvalue weighted by Crippen LogP contribution is -2.23. The van der Waals surface area contributed by atoms with E-state index in [2.05, 4.69) is 5.10 Å². The minimum Gasteiger partial charge on any atom is -0.392 e. The van der Waals surface area contributed by atoms with Gasteiger partial charge in [-0.1, -0.05) is 12.1 Å². The van der Waals surface area contributed by atoms with Gasteiger partial charge in [0.25, 0.3) is 0 Å². The summed E-state index contributed by atoms with van der Waals surface area (Å²) >= 11 is 0. The second-order valence-corrected chi connectivity index (χ2v) is 7.14. The van der Waals surface area contributed by atoms with Gasteiger partial charge in [-0.05, 0) is 37.0 Å². The number of rotatable bonds is 5. The zero-order valence-corrected chi connectivity index (χ0v) is 14.7. The highest BCUT2D eigenvalue weighted by molar-refractivity contribution is 5.78. The Bertz CT molecular complexity index is 854. The third kappa shape index (κ3) is 3.45. The minimum atomic E-state index is -4.61. The molecule has 2 aliphatic rings. The van der Waals surface area contributed by atoms with Crippen LogP contribution in [0.4, 0.5) is 13.2 Å². The lowest BCUT2D eigenvalue weighted by Gasteiger charge is -2.16. The summed E-state index contributed by atoms with van der Waals surface area (Å²) in [4.78, 5) is 13.5. The number of likely N-dealkylation sites (tertiary alicyclic amines) is 1. The van der Waals surface area contributed by atoms with Crippen LogP contribution in [-0.2, 0) is 24.1 Å². The molecule has 0 atom stereocenters.